The van der Waals surface area contributed by atoms with E-state index in [0.29, 0.717) is 0 Å². The van der Waals surface area contributed by atoms with Gasteiger partial charge in [-0.05, 0) is 19.1 Å². The summed E-state index contributed by atoms with van der Waals surface area (Å²) >= 11 is 5.70. The van der Waals surface area contributed by atoms with Gasteiger partial charge in [-0.25, -0.2) is 0 Å². The normalized spacial score (nSPS) is 10.2. The van der Waals surface area contributed by atoms with Crippen LogP contribution in [-0.4, -0.2) is 9.13 Å². The molecule has 2 nitrogen and oxygen atoms in total. The SMILES string of the molecule is C=C(C)Cn1c(-c2ccccc2)c(-c2ccccc2)n(C)c1=S.Cl. The minimum absolute atomic E-state index is 0. The van der Waals surface area contributed by atoms with Gasteiger partial charge in [0.1, 0.15) is 0 Å². The van der Waals surface area contributed by atoms with Crippen LogP contribution in [0.1, 0.15) is 6.92 Å². The van der Waals surface area contributed by atoms with Crippen LogP contribution in [-0.2, 0) is 13.6 Å². The summed E-state index contributed by atoms with van der Waals surface area (Å²) in [7, 11) is 2.03. The lowest BCUT2D eigenvalue weighted by Gasteiger charge is -2.11. The van der Waals surface area contributed by atoms with Crippen molar-refractivity contribution in [3.63, 3.8) is 0 Å². The van der Waals surface area contributed by atoms with Gasteiger partial charge in [0.05, 0.1) is 11.4 Å². The second-order valence-electron chi connectivity index (χ2n) is 5.81. The largest absolute Gasteiger partial charge is 0.319 e. The third-order valence-corrected chi connectivity index (χ3v) is 4.36. The smallest absolute Gasteiger partial charge is 0.180 e. The zero-order valence-electron chi connectivity index (χ0n) is 13.9. The molecule has 0 saturated heterocycles. The van der Waals surface area contributed by atoms with Crippen molar-refractivity contribution in [2.24, 2.45) is 7.05 Å². The number of nitrogens with zero attached hydrogens (tertiary/aromatic N) is 2. The van der Waals surface area contributed by atoms with Gasteiger partial charge >= 0.3 is 0 Å². The Morgan fingerprint density at radius 2 is 1.38 bits per heavy atom. The van der Waals surface area contributed by atoms with E-state index in [9.17, 15) is 0 Å². The maximum absolute atomic E-state index is 5.70. The first kappa shape index (κ1) is 18.2. The van der Waals surface area contributed by atoms with Gasteiger partial charge < -0.3 is 9.13 Å². The third kappa shape index (κ3) is 3.37. The first-order valence-electron chi connectivity index (χ1n) is 7.64. The van der Waals surface area contributed by atoms with Crippen LogP contribution in [0.25, 0.3) is 22.5 Å². The molecule has 0 N–H and O–H groups in total. The van der Waals surface area contributed by atoms with Crippen LogP contribution in [0.2, 0.25) is 0 Å². The fourth-order valence-electron chi connectivity index (χ4n) is 2.89. The lowest BCUT2D eigenvalue weighted by molar-refractivity contribution is 0.744. The number of aromatic nitrogens is 2. The van der Waals surface area contributed by atoms with Crippen LogP contribution in [0.5, 0.6) is 0 Å². The van der Waals surface area contributed by atoms with E-state index < -0.39 is 0 Å². The average molecular weight is 357 g/mol. The van der Waals surface area contributed by atoms with Crippen LogP contribution >= 0.6 is 24.6 Å². The first-order chi connectivity index (χ1) is 11.1. The number of hydrogen-bond donors (Lipinski definition) is 0. The zero-order valence-corrected chi connectivity index (χ0v) is 15.5. The molecular weight excluding hydrogens is 336 g/mol. The predicted octanol–water partition coefficient (Wildman–Crippen LogP) is 5.89. The Bertz CT molecular complexity index is 893. The second kappa shape index (κ2) is 7.65. The lowest BCUT2D eigenvalue weighted by Crippen LogP contribution is -2.02. The molecule has 0 bridgehead atoms. The monoisotopic (exact) mass is 356 g/mol. The fourth-order valence-corrected chi connectivity index (χ4v) is 3.14. The highest BCUT2D eigenvalue weighted by molar-refractivity contribution is 7.71. The Morgan fingerprint density at radius 1 is 0.917 bits per heavy atom. The Morgan fingerprint density at radius 3 is 1.83 bits per heavy atom. The van der Waals surface area contributed by atoms with E-state index in [0.717, 1.165) is 28.3 Å². The summed E-state index contributed by atoms with van der Waals surface area (Å²) in [5.41, 5.74) is 5.71. The molecule has 0 atom stereocenters. The van der Waals surface area contributed by atoms with E-state index in [1.165, 1.54) is 11.1 Å². The molecule has 24 heavy (non-hydrogen) atoms. The quantitative estimate of drug-likeness (QED) is 0.418. The lowest BCUT2D eigenvalue weighted by atomic mass is 10.0. The van der Waals surface area contributed by atoms with Gasteiger partial charge in [0.25, 0.3) is 0 Å². The molecule has 4 heteroatoms. The summed E-state index contributed by atoms with van der Waals surface area (Å²) in [5, 5.41) is 0. The van der Waals surface area contributed by atoms with Gasteiger partial charge in [-0.15, -0.1) is 12.4 Å². The molecule has 3 rings (SSSR count). The van der Waals surface area contributed by atoms with Gasteiger partial charge in [-0.1, -0.05) is 72.8 Å². The summed E-state index contributed by atoms with van der Waals surface area (Å²) in [6, 6.07) is 20.8. The van der Waals surface area contributed by atoms with Crippen LogP contribution < -0.4 is 0 Å². The average Bonchev–Trinajstić information content (AvgIpc) is 2.81. The molecule has 0 saturated carbocycles. The van der Waals surface area contributed by atoms with Gasteiger partial charge in [0.2, 0.25) is 0 Å². The summed E-state index contributed by atoms with van der Waals surface area (Å²) in [6.45, 7) is 6.82. The molecule has 0 aliphatic heterocycles. The van der Waals surface area contributed by atoms with Gasteiger partial charge in [0.15, 0.2) is 4.77 Å². The van der Waals surface area contributed by atoms with Gasteiger partial charge in [-0.3, -0.25) is 0 Å². The van der Waals surface area contributed by atoms with Crippen molar-refractivity contribution in [1.82, 2.24) is 9.13 Å². The molecule has 1 heterocycles. The molecule has 3 aromatic rings. The number of rotatable bonds is 4. The summed E-state index contributed by atoms with van der Waals surface area (Å²) < 4.78 is 5.08. The third-order valence-electron chi connectivity index (χ3n) is 3.87. The number of allylic oxidation sites excluding steroid dienone is 1. The number of imidazole rings is 1. The number of benzene rings is 2. The summed E-state index contributed by atoms with van der Waals surface area (Å²) in [5.74, 6) is 0. The Balaban J connectivity index is 0.00000208. The molecule has 0 aliphatic carbocycles. The van der Waals surface area contributed by atoms with E-state index in [1.807, 2.05) is 26.1 Å². The van der Waals surface area contributed by atoms with Gasteiger partial charge in [-0.2, -0.15) is 0 Å². The van der Waals surface area contributed by atoms with Gasteiger partial charge in [0, 0.05) is 24.7 Å². The molecule has 1 aromatic heterocycles. The fraction of sp³-hybridized carbons (Fsp3) is 0.150. The molecule has 0 unspecified atom stereocenters. The maximum Gasteiger partial charge on any atom is 0.180 e. The van der Waals surface area contributed by atoms with E-state index in [4.69, 9.17) is 12.2 Å². The first-order valence-corrected chi connectivity index (χ1v) is 8.05. The van der Waals surface area contributed by atoms with E-state index in [2.05, 4.69) is 64.2 Å². The highest BCUT2D eigenvalue weighted by atomic mass is 35.5. The molecule has 0 radical (unpaired) electrons. The predicted molar refractivity (Wildman–Crippen MR) is 107 cm³/mol. The van der Waals surface area contributed by atoms with E-state index in [1.54, 1.807) is 0 Å². The Labute approximate surface area is 154 Å². The van der Waals surface area contributed by atoms with Crippen molar-refractivity contribution in [2.45, 2.75) is 13.5 Å². The Hall–Kier alpha value is -2.10. The summed E-state index contributed by atoms with van der Waals surface area (Å²) in [4.78, 5) is 0. The van der Waals surface area contributed by atoms with Crippen molar-refractivity contribution in [3.05, 3.63) is 77.6 Å². The molecular formula is C20H21ClN2S. The van der Waals surface area contributed by atoms with Crippen molar-refractivity contribution in [1.29, 1.82) is 0 Å². The maximum atomic E-state index is 5.70. The molecule has 0 fully saturated rings. The highest BCUT2D eigenvalue weighted by Crippen LogP contribution is 2.34. The van der Waals surface area contributed by atoms with Crippen LogP contribution in [0, 0.1) is 4.77 Å². The molecule has 124 valence electrons. The highest BCUT2D eigenvalue weighted by Gasteiger charge is 2.18. The minimum Gasteiger partial charge on any atom is -0.319 e. The van der Waals surface area contributed by atoms with Crippen LogP contribution in [0.3, 0.4) is 0 Å². The number of halogens is 1. The minimum atomic E-state index is 0. The molecule has 2 aromatic carbocycles. The van der Waals surface area contributed by atoms with Crippen molar-refractivity contribution >= 4 is 24.6 Å². The van der Waals surface area contributed by atoms with Crippen LogP contribution in [0.4, 0.5) is 0 Å². The van der Waals surface area contributed by atoms with E-state index in [-0.39, 0.29) is 12.4 Å². The van der Waals surface area contributed by atoms with Crippen molar-refractivity contribution in [3.8, 4) is 22.5 Å². The van der Waals surface area contributed by atoms with Crippen LogP contribution in [0.15, 0.2) is 72.8 Å². The molecule has 0 aliphatic rings. The van der Waals surface area contributed by atoms with E-state index >= 15 is 0 Å². The van der Waals surface area contributed by atoms with Crippen molar-refractivity contribution < 1.29 is 0 Å². The molecule has 0 spiro atoms. The zero-order chi connectivity index (χ0) is 16.4. The molecule has 0 amide bonds. The number of hydrogen-bond acceptors (Lipinski definition) is 1. The van der Waals surface area contributed by atoms with Crippen molar-refractivity contribution in [2.75, 3.05) is 0 Å². The Kier molecular flexibility index (Phi) is 5.81. The standard InChI is InChI=1S/C20H20N2S.ClH/c1-15(2)14-22-19(17-12-8-5-9-13-17)18(21(3)20(22)23)16-10-6-4-7-11-16;/h4-13H,1,14H2,2-3H3;1H. The second-order valence-corrected chi connectivity index (χ2v) is 6.18. The topological polar surface area (TPSA) is 9.86 Å². The summed E-state index contributed by atoms with van der Waals surface area (Å²) in [6.07, 6.45) is 0.